The number of methoxy groups -OCH3 is 1. The molecule has 7 heteroatoms. The van der Waals surface area contributed by atoms with E-state index in [0.717, 1.165) is 5.39 Å². The molecule has 122 valence electrons. The first kappa shape index (κ1) is 16.4. The van der Waals surface area contributed by atoms with E-state index < -0.39 is 24.3 Å². The molecule has 0 spiro atoms. The lowest BCUT2D eigenvalue weighted by atomic mass is 9.76. The van der Waals surface area contributed by atoms with Gasteiger partial charge in [0.15, 0.2) is 0 Å². The van der Waals surface area contributed by atoms with Crippen LogP contribution in [0.3, 0.4) is 0 Å². The zero-order chi connectivity index (χ0) is 17.0. The molecule has 1 aliphatic rings. The van der Waals surface area contributed by atoms with E-state index in [2.05, 4.69) is 4.98 Å². The lowest BCUT2D eigenvalue weighted by Gasteiger charge is -2.32. The van der Waals surface area contributed by atoms with Crippen LogP contribution >= 0.6 is 11.6 Å². The third kappa shape index (κ3) is 2.45. The standard InChI is InChI=1S/C16H19BClNO4/c1-15(2)16(3,4)23-17(22-15)12-9-6-7-19-13(9)10(8-11(12)18)14(20)21-5/h6-8,19H,1-5H3. The van der Waals surface area contributed by atoms with E-state index >= 15 is 0 Å². The zero-order valence-electron chi connectivity index (χ0n) is 13.8. The summed E-state index contributed by atoms with van der Waals surface area (Å²) in [6, 6.07) is 3.45. The summed E-state index contributed by atoms with van der Waals surface area (Å²) in [7, 11) is 0.741. The lowest BCUT2D eigenvalue weighted by molar-refractivity contribution is 0.00578. The van der Waals surface area contributed by atoms with E-state index in [-0.39, 0.29) is 0 Å². The molecule has 2 aromatic rings. The van der Waals surface area contributed by atoms with Gasteiger partial charge in [-0.05, 0) is 39.8 Å². The molecule has 2 heterocycles. The smallest absolute Gasteiger partial charge is 0.465 e. The van der Waals surface area contributed by atoms with Gasteiger partial charge in [-0.25, -0.2) is 4.79 Å². The van der Waals surface area contributed by atoms with Gasteiger partial charge in [-0.2, -0.15) is 0 Å². The third-order valence-corrected chi connectivity index (χ3v) is 5.04. The van der Waals surface area contributed by atoms with Gasteiger partial charge >= 0.3 is 13.1 Å². The average molecular weight is 336 g/mol. The van der Waals surface area contributed by atoms with Crippen molar-refractivity contribution in [2.24, 2.45) is 0 Å². The van der Waals surface area contributed by atoms with Gasteiger partial charge in [0.25, 0.3) is 0 Å². The Morgan fingerprint density at radius 3 is 2.43 bits per heavy atom. The Morgan fingerprint density at radius 2 is 1.87 bits per heavy atom. The van der Waals surface area contributed by atoms with Crippen LogP contribution < -0.4 is 5.46 Å². The summed E-state index contributed by atoms with van der Waals surface area (Å²) in [5.41, 5.74) is 0.827. The van der Waals surface area contributed by atoms with Gasteiger partial charge in [0.1, 0.15) is 0 Å². The monoisotopic (exact) mass is 335 g/mol. The molecule has 0 aliphatic carbocycles. The minimum Gasteiger partial charge on any atom is -0.465 e. The summed E-state index contributed by atoms with van der Waals surface area (Å²) in [6.45, 7) is 7.94. The van der Waals surface area contributed by atoms with Crippen molar-refractivity contribution in [3.8, 4) is 0 Å². The van der Waals surface area contributed by atoms with Crippen LogP contribution in [-0.4, -0.2) is 36.4 Å². The molecule has 5 nitrogen and oxygen atoms in total. The number of ether oxygens (including phenoxy) is 1. The van der Waals surface area contributed by atoms with Crippen LogP contribution in [0.2, 0.25) is 5.02 Å². The molecule has 1 N–H and O–H groups in total. The van der Waals surface area contributed by atoms with Gasteiger partial charge in [-0.3, -0.25) is 0 Å². The fourth-order valence-electron chi connectivity index (χ4n) is 2.69. The maximum absolute atomic E-state index is 12.0. The molecule has 1 aliphatic heterocycles. The Labute approximate surface area is 140 Å². The van der Waals surface area contributed by atoms with Crippen molar-refractivity contribution in [2.75, 3.05) is 7.11 Å². The van der Waals surface area contributed by atoms with E-state index in [4.69, 9.17) is 25.6 Å². The van der Waals surface area contributed by atoms with Gasteiger partial charge in [-0.1, -0.05) is 11.6 Å². The largest absolute Gasteiger partial charge is 0.497 e. The van der Waals surface area contributed by atoms with Crippen LogP contribution in [0.1, 0.15) is 38.1 Å². The van der Waals surface area contributed by atoms with Crippen LogP contribution in [-0.2, 0) is 14.0 Å². The molecule has 1 aromatic heterocycles. The third-order valence-electron chi connectivity index (χ3n) is 4.73. The van der Waals surface area contributed by atoms with Crippen molar-refractivity contribution in [3.63, 3.8) is 0 Å². The number of halogens is 1. The second-order valence-corrected chi connectivity index (χ2v) is 7.07. The van der Waals surface area contributed by atoms with Gasteiger partial charge in [0.05, 0.1) is 29.4 Å². The van der Waals surface area contributed by atoms with Crippen LogP contribution in [0.4, 0.5) is 0 Å². The molecule has 0 radical (unpaired) electrons. The first-order valence-electron chi connectivity index (χ1n) is 7.41. The van der Waals surface area contributed by atoms with Crippen molar-refractivity contribution in [1.82, 2.24) is 4.98 Å². The first-order valence-corrected chi connectivity index (χ1v) is 7.79. The average Bonchev–Trinajstić information content (AvgIpc) is 3.00. The number of esters is 1. The Hall–Kier alpha value is -1.50. The molecule has 0 bridgehead atoms. The number of nitrogens with one attached hydrogen (secondary N) is 1. The SMILES string of the molecule is COC(=O)c1cc(Cl)c(B2OC(C)(C)C(C)(C)O2)c2cc[nH]c12. The first-order chi connectivity index (χ1) is 10.7. The zero-order valence-corrected chi connectivity index (χ0v) is 14.6. The van der Waals surface area contributed by atoms with Gasteiger partial charge < -0.3 is 19.0 Å². The number of benzene rings is 1. The topological polar surface area (TPSA) is 60.6 Å². The van der Waals surface area contributed by atoms with Gasteiger partial charge in [0.2, 0.25) is 0 Å². The summed E-state index contributed by atoms with van der Waals surface area (Å²) in [4.78, 5) is 15.0. The Balaban J connectivity index is 2.16. The Morgan fingerprint density at radius 1 is 1.26 bits per heavy atom. The van der Waals surface area contributed by atoms with E-state index in [0.29, 0.717) is 21.6 Å². The molecule has 1 fully saturated rings. The van der Waals surface area contributed by atoms with Crippen molar-refractivity contribution >= 4 is 41.1 Å². The summed E-state index contributed by atoms with van der Waals surface area (Å²) >= 11 is 6.45. The maximum atomic E-state index is 12.0. The Bertz CT molecular complexity index is 768. The molecular weight excluding hydrogens is 316 g/mol. The molecule has 23 heavy (non-hydrogen) atoms. The van der Waals surface area contributed by atoms with Crippen molar-refractivity contribution in [1.29, 1.82) is 0 Å². The number of H-pyrrole nitrogens is 1. The number of rotatable bonds is 2. The normalized spacial score (nSPS) is 19.3. The Kier molecular flexibility index (Phi) is 3.74. The van der Waals surface area contributed by atoms with E-state index in [9.17, 15) is 4.79 Å². The van der Waals surface area contributed by atoms with Crippen molar-refractivity contribution in [2.45, 2.75) is 38.9 Å². The number of carbonyl (C=O) groups is 1. The van der Waals surface area contributed by atoms with E-state index in [1.165, 1.54) is 7.11 Å². The maximum Gasteiger partial charge on any atom is 0.497 e. The molecule has 0 saturated carbocycles. The number of aromatic amines is 1. The molecule has 0 unspecified atom stereocenters. The number of fused-ring (bicyclic) bond motifs is 1. The second kappa shape index (κ2) is 5.26. The molecule has 0 atom stereocenters. The van der Waals surface area contributed by atoms with E-state index in [1.807, 2.05) is 33.8 Å². The van der Waals surface area contributed by atoms with Gasteiger partial charge in [0, 0.05) is 22.1 Å². The molecule has 3 rings (SSSR count). The summed E-state index contributed by atoms with van der Waals surface area (Å²) < 4.78 is 17.0. The predicted molar refractivity (Wildman–Crippen MR) is 90.4 cm³/mol. The minimum atomic E-state index is -0.600. The van der Waals surface area contributed by atoms with Crippen molar-refractivity contribution < 1.29 is 18.8 Å². The van der Waals surface area contributed by atoms with Crippen molar-refractivity contribution in [3.05, 3.63) is 28.9 Å². The fourth-order valence-corrected chi connectivity index (χ4v) is 2.99. The highest BCUT2D eigenvalue weighted by atomic mass is 35.5. The highest BCUT2D eigenvalue weighted by Gasteiger charge is 2.52. The molecule has 1 aromatic carbocycles. The van der Waals surface area contributed by atoms with E-state index in [1.54, 1.807) is 12.3 Å². The van der Waals surface area contributed by atoms with Crippen LogP contribution in [0.25, 0.3) is 10.9 Å². The quantitative estimate of drug-likeness (QED) is 0.677. The lowest BCUT2D eigenvalue weighted by Crippen LogP contribution is -2.41. The molecule has 0 amide bonds. The van der Waals surface area contributed by atoms with Gasteiger partial charge in [-0.15, -0.1) is 0 Å². The predicted octanol–water partition coefficient (Wildman–Crippen LogP) is 2.91. The second-order valence-electron chi connectivity index (χ2n) is 6.67. The fraction of sp³-hybridized carbons (Fsp3) is 0.438. The molecule has 1 saturated heterocycles. The number of carbonyl (C=O) groups excluding carboxylic acids is 1. The highest BCUT2D eigenvalue weighted by Crippen LogP contribution is 2.38. The molecular formula is C16H19BClNO4. The van der Waals surface area contributed by atoms with Crippen LogP contribution in [0.5, 0.6) is 0 Å². The van der Waals surface area contributed by atoms with Crippen LogP contribution in [0, 0.1) is 0 Å². The number of hydrogen-bond acceptors (Lipinski definition) is 4. The summed E-state index contributed by atoms with van der Waals surface area (Å²) in [6.07, 6.45) is 1.75. The van der Waals surface area contributed by atoms with Crippen LogP contribution in [0.15, 0.2) is 18.3 Å². The minimum absolute atomic E-state index is 0.387. The highest BCUT2D eigenvalue weighted by molar-refractivity contribution is 6.68. The summed E-state index contributed by atoms with van der Waals surface area (Å²) in [5, 5.41) is 1.20. The summed E-state index contributed by atoms with van der Waals surface area (Å²) in [5.74, 6) is -0.445. The number of aromatic nitrogens is 1. The number of hydrogen-bond donors (Lipinski definition) is 1.